The molecule has 5 aliphatic rings. The number of rotatable bonds is 7. The standard InChI is InChI=1S/C40H53N5O9S/c1-24(2)22-53-37(49)42-31-12-10-8-6-7-9-11-26-20-40(26,36(48)44-55(50,51)38(4)17-18-38)43-34(46)32-21-39(23-45(32)35(31)47)16-15-28-29-19-27(52-5)13-14-30(29)41-25(3)33(28)54-39/h9,11,13-14,19,24,26,31-32H,6-8,10,12,15-18,20-23H2,1-5H3,(H,42,49)(H,43,46)(H,44,48). The van der Waals surface area contributed by atoms with Gasteiger partial charge in [-0.25, -0.2) is 18.2 Å². The Morgan fingerprint density at radius 2 is 1.91 bits per heavy atom. The molecule has 55 heavy (non-hydrogen) atoms. The van der Waals surface area contributed by atoms with Gasteiger partial charge in [0.2, 0.25) is 21.8 Å². The molecule has 15 heteroatoms. The minimum atomic E-state index is -3.99. The third-order valence-corrected chi connectivity index (χ3v) is 14.2. The number of methoxy groups -OCH3 is 1. The number of nitrogens with one attached hydrogen (secondary N) is 3. The summed E-state index contributed by atoms with van der Waals surface area (Å²) in [6, 6.07) is 3.63. The molecule has 0 radical (unpaired) electrons. The number of hydrogen-bond acceptors (Lipinski definition) is 10. The molecule has 298 valence electrons. The predicted octanol–water partition coefficient (Wildman–Crippen LogP) is 4.36. The number of ether oxygens (including phenoxy) is 3. The summed E-state index contributed by atoms with van der Waals surface area (Å²) in [5.74, 6) is -0.872. The molecule has 1 spiro atoms. The molecular weight excluding hydrogens is 727 g/mol. The molecule has 5 atom stereocenters. The fraction of sp³-hybridized carbons (Fsp3) is 0.625. The SMILES string of the molecule is COc1ccc2nc(C)c3c(c2c1)CCC1(CC2C(=O)NC4(C(=O)NS(=O)(=O)C5(C)CC5)CC4C=CCCCCCC(NC(=O)OCC(C)C)C(=O)N2C1)O3. The topological polar surface area (TPSA) is 182 Å². The maximum Gasteiger partial charge on any atom is 0.407 e. The number of alkyl carbamates (subject to hydrolysis) is 1. The van der Waals surface area contributed by atoms with Gasteiger partial charge in [0.05, 0.1) is 36.2 Å². The number of fused-ring (bicyclic) bond motifs is 5. The summed E-state index contributed by atoms with van der Waals surface area (Å²) in [5, 5.41) is 6.63. The van der Waals surface area contributed by atoms with Crippen molar-refractivity contribution in [2.75, 3.05) is 20.3 Å². The van der Waals surface area contributed by atoms with Crippen LogP contribution in [0.15, 0.2) is 30.4 Å². The molecule has 3 aliphatic heterocycles. The Bertz CT molecular complexity index is 2030. The zero-order chi connectivity index (χ0) is 39.3. The molecule has 3 fully saturated rings. The van der Waals surface area contributed by atoms with Gasteiger partial charge in [0, 0.05) is 23.3 Å². The van der Waals surface area contributed by atoms with Crippen LogP contribution in [0.5, 0.6) is 11.5 Å². The van der Waals surface area contributed by atoms with Gasteiger partial charge in [-0.3, -0.25) is 19.1 Å². The van der Waals surface area contributed by atoms with E-state index in [1.165, 1.54) is 4.90 Å². The average molecular weight is 780 g/mol. The smallest absolute Gasteiger partial charge is 0.407 e. The Kier molecular flexibility index (Phi) is 10.3. The zero-order valence-electron chi connectivity index (χ0n) is 32.4. The van der Waals surface area contributed by atoms with Crippen LogP contribution in [-0.2, 0) is 35.6 Å². The second-order valence-corrected chi connectivity index (χ2v) is 19.0. The first-order chi connectivity index (χ1) is 26.1. The molecule has 5 unspecified atom stereocenters. The number of benzene rings is 1. The number of amides is 4. The number of nitrogens with zero attached hydrogens (tertiary/aromatic N) is 2. The molecule has 4 amide bonds. The second kappa shape index (κ2) is 14.6. The van der Waals surface area contributed by atoms with E-state index in [1.807, 2.05) is 51.1 Å². The van der Waals surface area contributed by atoms with Crippen LogP contribution in [0.2, 0.25) is 0 Å². The van der Waals surface area contributed by atoms with Gasteiger partial charge in [0.15, 0.2) is 0 Å². The van der Waals surface area contributed by atoms with E-state index in [0.717, 1.165) is 29.3 Å². The first-order valence-corrected chi connectivity index (χ1v) is 21.0. The van der Waals surface area contributed by atoms with E-state index >= 15 is 0 Å². The Balaban J connectivity index is 1.23. The lowest BCUT2D eigenvalue weighted by molar-refractivity contribution is -0.141. The van der Waals surface area contributed by atoms with E-state index in [1.54, 1.807) is 14.0 Å². The number of aromatic nitrogens is 1. The van der Waals surface area contributed by atoms with Crippen LogP contribution in [-0.4, -0.2) is 90.3 Å². The van der Waals surface area contributed by atoms with E-state index in [-0.39, 0.29) is 31.9 Å². The van der Waals surface area contributed by atoms with E-state index in [9.17, 15) is 27.6 Å². The van der Waals surface area contributed by atoms with Crippen molar-refractivity contribution in [3.8, 4) is 11.5 Å². The van der Waals surface area contributed by atoms with Gasteiger partial charge in [-0.2, -0.15) is 0 Å². The Morgan fingerprint density at radius 1 is 1.13 bits per heavy atom. The summed E-state index contributed by atoms with van der Waals surface area (Å²) in [6.45, 7) is 7.54. The Labute approximate surface area is 322 Å². The molecule has 0 bridgehead atoms. The van der Waals surface area contributed by atoms with Crippen molar-refractivity contribution >= 4 is 44.7 Å². The highest BCUT2D eigenvalue weighted by Gasteiger charge is 2.64. The molecule has 1 aromatic carbocycles. The number of sulfonamides is 1. The van der Waals surface area contributed by atoms with Crippen molar-refractivity contribution in [2.45, 2.75) is 126 Å². The van der Waals surface area contributed by atoms with Gasteiger partial charge < -0.3 is 29.7 Å². The molecule has 2 saturated carbocycles. The lowest BCUT2D eigenvalue weighted by Gasteiger charge is -2.36. The van der Waals surface area contributed by atoms with E-state index in [4.69, 9.17) is 19.2 Å². The monoisotopic (exact) mass is 779 g/mol. The van der Waals surface area contributed by atoms with Crippen molar-refractivity contribution in [1.82, 2.24) is 25.2 Å². The molecule has 2 aliphatic carbocycles. The van der Waals surface area contributed by atoms with E-state index < -0.39 is 67.7 Å². The minimum absolute atomic E-state index is 0.0490. The van der Waals surface area contributed by atoms with Gasteiger partial charge >= 0.3 is 6.09 Å². The summed E-state index contributed by atoms with van der Waals surface area (Å²) >= 11 is 0. The van der Waals surface area contributed by atoms with Crippen LogP contribution in [0.25, 0.3) is 10.9 Å². The summed E-state index contributed by atoms with van der Waals surface area (Å²) in [4.78, 5) is 62.5. The normalized spacial score (nSPS) is 28.8. The lowest BCUT2D eigenvalue weighted by atomic mass is 9.87. The summed E-state index contributed by atoms with van der Waals surface area (Å²) in [5.41, 5.74) is -0.0487. The molecule has 3 N–H and O–H groups in total. The maximum atomic E-state index is 14.7. The average Bonchev–Trinajstić information content (AvgIpc) is 4.04. The number of pyridine rings is 1. The molecule has 7 rings (SSSR count). The fourth-order valence-electron chi connectivity index (χ4n) is 8.22. The van der Waals surface area contributed by atoms with Crippen LogP contribution in [0, 0.1) is 18.8 Å². The van der Waals surface area contributed by atoms with Crippen LogP contribution in [0.4, 0.5) is 4.79 Å². The predicted molar refractivity (Wildman–Crippen MR) is 204 cm³/mol. The van der Waals surface area contributed by atoms with Crippen LogP contribution in [0.1, 0.15) is 96.2 Å². The van der Waals surface area contributed by atoms with Crippen molar-refractivity contribution in [3.05, 3.63) is 41.6 Å². The van der Waals surface area contributed by atoms with Crippen molar-refractivity contribution < 1.29 is 41.8 Å². The first-order valence-electron chi connectivity index (χ1n) is 19.5. The summed E-state index contributed by atoms with van der Waals surface area (Å²) in [7, 11) is -2.38. The second-order valence-electron chi connectivity index (χ2n) is 16.8. The number of carbonyl (C=O) groups excluding carboxylic acids is 4. The Hall–Kier alpha value is -4.40. The molecule has 14 nitrogen and oxygen atoms in total. The van der Waals surface area contributed by atoms with Gasteiger partial charge in [0.25, 0.3) is 5.91 Å². The minimum Gasteiger partial charge on any atom is -0.497 e. The highest BCUT2D eigenvalue weighted by molar-refractivity contribution is 7.91. The third kappa shape index (κ3) is 7.60. The van der Waals surface area contributed by atoms with E-state index in [2.05, 4.69) is 15.4 Å². The molecule has 1 aromatic heterocycles. The third-order valence-electron chi connectivity index (χ3n) is 12.0. The first kappa shape index (κ1) is 38.9. The summed E-state index contributed by atoms with van der Waals surface area (Å²) < 4.78 is 45.4. The van der Waals surface area contributed by atoms with Crippen LogP contribution >= 0.6 is 0 Å². The van der Waals surface area contributed by atoms with Gasteiger partial charge in [-0.05, 0) is 89.3 Å². The van der Waals surface area contributed by atoms with Crippen molar-refractivity contribution in [2.24, 2.45) is 11.8 Å². The molecular formula is C40H53N5O9S. The number of hydrogen-bond donors (Lipinski definition) is 3. The maximum absolute atomic E-state index is 14.7. The molecule has 2 aromatic rings. The van der Waals surface area contributed by atoms with Crippen molar-refractivity contribution in [1.29, 1.82) is 0 Å². The van der Waals surface area contributed by atoms with E-state index in [0.29, 0.717) is 62.1 Å². The largest absolute Gasteiger partial charge is 0.497 e. The number of carbonyl (C=O) groups is 4. The van der Waals surface area contributed by atoms with Gasteiger partial charge in [-0.15, -0.1) is 0 Å². The molecule has 1 saturated heterocycles. The van der Waals surface area contributed by atoms with Crippen LogP contribution < -0.4 is 24.8 Å². The molecule has 4 heterocycles. The number of allylic oxidation sites excluding steroid dienone is 1. The van der Waals surface area contributed by atoms with Crippen molar-refractivity contribution in [3.63, 3.8) is 0 Å². The number of aryl methyl sites for hydroxylation is 2. The highest BCUT2D eigenvalue weighted by atomic mass is 32.2. The van der Waals surface area contributed by atoms with Gasteiger partial charge in [-0.1, -0.05) is 38.8 Å². The zero-order valence-corrected chi connectivity index (χ0v) is 33.2. The van der Waals surface area contributed by atoms with Crippen LogP contribution in [0.3, 0.4) is 0 Å². The quantitative estimate of drug-likeness (QED) is 0.342. The van der Waals surface area contributed by atoms with Gasteiger partial charge in [0.1, 0.15) is 34.7 Å². The summed E-state index contributed by atoms with van der Waals surface area (Å²) in [6.07, 6.45) is 8.68. The lowest BCUT2D eigenvalue weighted by Crippen LogP contribution is -2.58. The fourth-order valence-corrected chi connectivity index (χ4v) is 9.54. The highest BCUT2D eigenvalue weighted by Crippen LogP contribution is 2.49. The Morgan fingerprint density at radius 3 is 2.64 bits per heavy atom.